The molecule has 32 heavy (non-hydrogen) atoms. The van der Waals surface area contributed by atoms with Crippen LogP contribution in [0.15, 0.2) is 48.5 Å². The van der Waals surface area contributed by atoms with Gasteiger partial charge in [-0.2, -0.15) is 8.42 Å². The summed E-state index contributed by atoms with van der Waals surface area (Å²) in [7, 11) is -0.862. The number of non-ortho nitro benzene ring substituents is 1. The van der Waals surface area contributed by atoms with Crippen LogP contribution in [-0.4, -0.2) is 57.8 Å². The van der Waals surface area contributed by atoms with Gasteiger partial charge in [0.25, 0.3) is 5.69 Å². The number of benzene rings is 2. The lowest BCUT2D eigenvalue weighted by atomic mass is 10.1. The fourth-order valence-electron chi connectivity index (χ4n) is 2.72. The van der Waals surface area contributed by atoms with Gasteiger partial charge in [0.1, 0.15) is 0 Å². The molecule has 0 aliphatic carbocycles. The quantitative estimate of drug-likeness (QED) is 0.215. The van der Waals surface area contributed by atoms with Crippen molar-refractivity contribution in [1.29, 1.82) is 0 Å². The first-order valence-corrected chi connectivity index (χ1v) is 11.2. The second-order valence-corrected chi connectivity index (χ2v) is 8.28. The molecule has 0 saturated heterocycles. The van der Waals surface area contributed by atoms with Crippen molar-refractivity contribution in [2.45, 2.75) is 6.54 Å². The molecule has 2 rings (SSSR count). The molecule has 172 valence electrons. The fraction of sp³-hybridized carbons (Fsp3) is 0.286. The highest BCUT2D eigenvalue weighted by atomic mass is 32.2. The lowest BCUT2D eigenvalue weighted by Gasteiger charge is -2.21. The van der Waals surface area contributed by atoms with Crippen molar-refractivity contribution in [2.24, 2.45) is 0 Å². The number of ether oxygens (including phenoxy) is 2. The van der Waals surface area contributed by atoms with Crippen LogP contribution in [0.4, 0.5) is 5.69 Å². The van der Waals surface area contributed by atoms with E-state index < -0.39 is 15.0 Å². The zero-order valence-electron chi connectivity index (χ0n) is 17.9. The van der Waals surface area contributed by atoms with Gasteiger partial charge in [0.2, 0.25) is 5.91 Å². The Balaban J connectivity index is 2.21. The van der Waals surface area contributed by atoms with E-state index >= 15 is 0 Å². The summed E-state index contributed by atoms with van der Waals surface area (Å²) in [5.41, 5.74) is 1.21. The molecule has 11 heteroatoms. The topological polar surface area (TPSA) is 125 Å². The summed E-state index contributed by atoms with van der Waals surface area (Å²) in [6.07, 6.45) is 3.84. The number of carbonyl (C=O) groups excluding carboxylic acids is 1. The number of carbonyl (C=O) groups is 1. The van der Waals surface area contributed by atoms with Crippen LogP contribution in [0.2, 0.25) is 0 Å². The summed E-state index contributed by atoms with van der Waals surface area (Å²) in [4.78, 5) is 24.5. The summed E-state index contributed by atoms with van der Waals surface area (Å²) in [6.45, 7) is 0.741. The Morgan fingerprint density at radius 2 is 1.81 bits per heavy atom. The molecule has 2 aromatic rings. The van der Waals surface area contributed by atoms with Crippen molar-refractivity contribution in [1.82, 2.24) is 4.90 Å². The molecule has 10 nitrogen and oxygen atoms in total. The Hall–Kier alpha value is -3.44. The third-order valence-electron chi connectivity index (χ3n) is 4.24. The summed E-state index contributed by atoms with van der Waals surface area (Å²) in [5.74, 6) is -0.0538. The predicted molar refractivity (Wildman–Crippen MR) is 118 cm³/mol. The average Bonchev–Trinajstić information content (AvgIpc) is 2.74. The highest BCUT2D eigenvalue weighted by molar-refractivity contribution is 7.86. The molecule has 0 fully saturated rings. The van der Waals surface area contributed by atoms with Crippen LogP contribution in [-0.2, 0) is 26.2 Å². The zero-order chi connectivity index (χ0) is 23.7. The molecule has 1 amide bonds. The van der Waals surface area contributed by atoms with E-state index in [0.717, 1.165) is 6.26 Å². The van der Waals surface area contributed by atoms with E-state index in [2.05, 4.69) is 0 Å². The molecule has 0 aliphatic heterocycles. The van der Waals surface area contributed by atoms with E-state index in [0.29, 0.717) is 17.7 Å². The van der Waals surface area contributed by atoms with Gasteiger partial charge < -0.3 is 18.6 Å². The fourth-order valence-corrected chi connectivity index (χ4v) is 3.17. The number of rotatable bonds is 11. The third-order valence-corrected chi connectivity index (χ3v) is 4.72. The minimum absolute atomic E-state index is 0.0214. The predicted octanol–water partition coefficient (Wildman–Crippen LogP) is 2.63. The van der Waals surface area contributed by atoms with Gasteiger partial charge in [0.15, 0.2) is 11.5 Å². The van der Waals surface area contributed by atoms with Gasteiger partial charge in [-0.3, -0.25) is 14.9 Å². The van der Waals surface area contributed by atoms with Crippen LogP contribution in [0, 0.1) is 10.1 Å². The van der Waals surface area contributed by atoms with E-state index in [1.54, 1.807) is 30.3 Å². The minimum Gasteiger partial charge on any atom is -0.493 e. The van der Waals surface area contributed by atoms with Gasteiger partial charge in [0, 0.05) is 38.4 Å². The summed E-state index contributed by atoms with van der Waals surface area (Å²) >= 11 is 0. The molecular weight excluding hydrogens is 440 g/mol. The molecule has 0 bridgehead atoms. The van der Waals surface area contributed by atoms with Crippen LogP contribution in [0.25, 0.3) is 6.08 Å². The molecule has 0 heterocycles. The van der Waals surface area contributed by atoms with Gasteiger partial charge in [-0.25, -0.2) is 0 Å². The summed E-state index contributed by atoms with van der Waals surface area (Å²) in [5, 5.41) is 10.7. The van der Waals surface area contributed by atoms with Crippen molar-refractivity contribution in [3.63, 3.8) is 0 Å². The number of hydrogen-bond donors (Lipinski definition) is 0. The lowest BCUT2D eigenvalue weighted by Crippen LogP contribution is -2.32. The standard InChI is InChI=1S/C21H24N2O8S/c1-29-13-12-22(21(24)11-7-16-4-8-18(9-5-16)23(25)26)15-17-6-10-19(30-2)20(14-17)31-32(3,27)28/h4-11,14H,12-13,15H2,1-3H3/b11-7+. The monoisotopic (exact) mass is 464 g/mol. The molecule has 0 aromatic heterocycles. The second kappa shape index (κ2) is 11.3. The Morgan fingerprint density at radius 1 is 1.12 bits per heavy atom. The number of amides is 1. The molecule has 2 aromatic carbocycles. The number of nitrogens with zero attached hydrogens (tertiary/aromatic N) is 2. The molecule has 0 aliphatic rings. The molecule has 0 spiro atoms. The lowest BCUT2D eigenvalue weighted by molar-refractivity contribution is -0.384. The number of methoxy groups -OCH3 is 2. The Bertz CT molecular complexity index is 1080. The first-order valence-electron chi connectivity index (χ1n) is 9.39. The van der Waals surface area contributed by atoms with Crippen LogP contribution < -0.4 is 8.92 Å². The molecule has 0 N–H and O–H groups in total. The number of nitro benzene ring substituents is 1. The Kier molecular flexibility index (Phi) is 8.73. The van der Waals surface area contributed by atoms with Crippen molar-refractivity contribution >= 4 is 27.8 Å². The van der Waals surface area contributed by atoms with Crippen LogP contribution in [0.3, 0.4) is 0 Å². The van der Waals surface area contributed by atoms with Crippen LogP contribution in [0.5, 0.6) is 11.5 Å². The van der Waals surface area contributed by atoms with E-state index in [9.17, 15) is 23.3 Å². The van der Waals surface area contributed by atoms with E-state index in [1.165, 1.54) is 43.4 Å². The van der Waals surface area contributed by atoms with Gasteiger partial charge in [0.05, 0.1) is 24.9 Å². The molecular formula is C21H24N2O8S. The highest BCUT2D eigenvalue weighted by Gasteiger charge is 2.16. The first kappa shape index (κ1) is 24.8. The van der Waals surface area contributed by atoms with Gasteiger partial charge >= 0.3 is 10.1 Å². The summed E-state index contributed by atoms with van der Waals surface area (Å²) < 4.78 is 38.2. The first-order chi connectivity index (χ1) is 15.1. The number of hydrogen-bond acceptors (Lipinski definition) is 8. The van der Waals surface area contributed by atoms with Gasteiger partial charge in [-0.05, 0) is 41.5 Å². The molecule has 0 atom stereocenters. The van der Waals surface area contributed by atoms with E-state index in [4.69, 9.17) is 13.7 Å². The second-order valence-electron chi connectivity index (χ2n) is 6.71. The average molecular weight is 464 g/mol. The molecule has 0 radical (unpaired) electrons. The highest BCUT2D eigenvalue weighted by Crippen LogP contribution is 2.29. The van der Waals surface area contributed by atoms with Crippen molar-refractivity contribution < 1.29 is 31.8 Å². The van der Waals surface area contributed by atoms with Crippen LogP contribution in [0.1, 0.15) is 11.1 Å². The van der Waals surface area contributed by atoms with Crippen molar-refractivity contribution in [3.05, 3.63) is 69.8 Å². The third kappa shape index (κ3) is 7.67. The molecule has 0 saturated carbocycles. The Morgan fingerprint density at radius 3 is 2.38 bits per heavy atom. The maximum atomic E-state index is 12.8. The minimum atomic E-state index is -3.77. The van der Waals surface area contributed by atoms with E-state index in [1.807, 2.05) is 0 Å². The van der Waals surface area contributed by atoms with Gasteiger partial charge in [-0.1, -0.05) is 6.07 Å². The van der Waals surface area contributed by atoms with Crippen molar-refractivity contribution in [3.8, 4) is 11.5 Å². The smallest absolute Gasteiger partial charge is 0.306 e. The maximum Gasteiger partial charge on any atom is 0.306 e. The summed E-state index contributed by atoms with van der Waals surface area (Å²) in [6, 6.07) is 10.5. The van der Waals surface area contributed by atoms with Gasteiger partial charge in [-0.15, -0.1) is 0 Å². The normalized spacial score (nSPS) is 11.3. The Labute approximate surface area is 186 Å². The number of nitro groups is 1. The van der Waals surface area contributed by atoms with E-state index in [-0.39, 0.29) is 36.2 Å². The SMILES string of the molecule is COCCN(Cc1ccc(OC)c(OS(C)(=O)=O)c1)C(=O)/C=C/c1ccc([N+](=O)[O-])cc1. The van der Waals surface area contributed by atoms with Crippen molar-refractivity contribution in [2.75, 3.05) is 33.6 Å². The largest absolute Gasteiger partial charge is 0.493 e. The van der Waals surface area contributed by atoms with Crippen LogP contribution >= 0.6 is 0 Å². The maximum absolute atomic E-state index is 12.8. The zero-order valence-corrected chi connectivity index (χ0v) is 18.7. The molecule has 0 unspecified atom stereocenters.